The maximum absolute atomic E-state index is 13.4. The molecule has 2 aromatic rings. The summed E-state index contributed by atoms with van der Waals surface area (Å²) in [5.41, 5.74) is 2.23. The van der Waals surface area contributed by atoms with Crippen molar-refractivity contribution in [3.63, 3.8) is 0 Å². The number of rotatable bonds is 8. The summed E-state index contributed by atoms with van der Waals surface area (Å²) in [5, 5.41) is 14.5. The minimum absolute atomic E-state index is 0.0415. The topological polar surface area (TPSA) is 95.5 Å². The number of amides is 2. The standard InChI is InChI=1S/C21H23FN2O4/c1-13-6-3-4-8-16(13)12-19(21(27)28)24-20(26)18(23-14(2)25)11-15-7-5-9-17(22)10-15/h3-10,18-19H,11-12H2,1-2H3,(H,23,25)(H,24,26)(H,27,28)/t18-,19-/m0/s1. The Hall–Kier alpha value is -3.22. The van der Waals surface area contributed by atoms with E-state index in [1.165, 1.54) is 25.1 Å². The summed E-state index contributed by atoms with van der Waals surface area (Å²) in [6.45, 7) is 3.12. The van der Waals surface area contributed by atoms with E-state index in [-0.39, 0.29) is 12.8 Å². The lowest BCUT2D eigenvalue weighted by atomic mass is 10.00. The highest BCUT2D eigenvalue weighted by Crippen LogP contribution is 2.11. The van der Waals surface area contributed by atoms with E-state index in [9.17, 15) is 23.9 Å². The summed E-state index contributed by atoms with van der Waals surface area (Å²) in [5.74, 6) is -2.71. The molecule has 6 nitrogen and oxygen atoms in total. The molecule has 0 fully saturated rings. The van der Waals surface area contributed by atoms with Gasteiger partial charge in [-0.05, 0) is 35.7 Å². The van der Waals surface area contributed by atoms with E-state index in [0.29, 0.717) is 5.56 Å². The number of nitrogens with one attached hydrogen (secondary N) is 2. The molecule has 2 atom stereocenters. The van der Waals surface area contributed by atoms with Gasteiger partial charge in [-0.1, -0.05) is 36.4 Å². The van der Waals surface area contributed by atoms with E-state index in [1.807, 2.05) is 19.1 Å². The third kappa shape index (κ3) is 6.19. The molecule has 0 radical (unpaired) electrons. The zero-order valence-corrected chi connectivity index (χ0v) is 15.7. The first kappa shape index (κ1) is 21.1. The lowest BCUT2D eigenvalue weighted by Gasteiger charge is -2.21. The van der Waals surface area contributed by atoms with Gasteiger partial charge in [0, 0.05) is 19.8 Å². The predicted molar refractivity (Wildman–Crippen MR) is 102 cm³/mol. The number of carbonyl (C=O) groups is 3. The number of hydrogen-bond donors (Lipinski definition) is 3. The highest BCUT2D eigenvalue weighted by molar-refractivity contribution is 5.90. The van der Waals surface area contributed by atoms with Crippen LogP contribution in [0.25, 0.3) is 0 Å². The Kier molecular flexibility index (Phi) is 7.26. The summed E-state index contributed by atoms with van der Waals surface area (Å²) in [7, 11) is 0. The number of carboxylic acid groups (broad SMARTS) is 1. The molecule has 0 saturated heterocycles. The van der Waals surface area contributed by atoms with Crippen molar-refractivity contribution in [1.29, 1.82) is 0 Å². The quantitative estimate of drug-likeness (QED) is 0.647. The Morgan fingerprint density at radius 1 is 1.00 bits per heavy atom. The van der Waals surface area contributed by atoms with Gasteiger partial charge < -0.3 is 15.7 Å². The number of aryl methyl sites for hydroxylation is 1. The zero-order valence-electron chi connectivity index (χ0n) is 15.7. The van der Waals surface area contributed by atoms with Gasteiger partial charge in [0.15, 0.2) is 0 Å². The Morgan fingerprint density at radius 3 is 2.32 bits per heavy atom. The number of hydrogen-bond acceptors (Lipinski definition) is 3. The van der Waals surface area contributed by atoms with Crippen molar-refractivity contribution in [2.75, 3.05) is 0 Å². The fourth-order valence-electron chi connectivity index (χ4n) is 2.89. The smallest absolute Gasteiger partial charge is 0.326 e. The number of aliphatic carboxylic acids is 1. The van der Waals surface area contributed by atoms with Crippen molar-refractivity contribution in [2.24, 2.45) is 0 Å². The first-order chi connectivity index (χ1) is 13.3. The molecular formula is C21H23FN2O4. The van der Waals surface area contributed by atoms with Gasteiger partial charge in [0.1, 0.15) is 17.9 Å². The highest BCUT2D eigenvalue weighted by atomic mass is 19.1. The Labute approximate surface area is 162 Å². The van der Waals surface area contributed by atoms with E-state index in [1.54, 1.807) is 18.2 Å². The molecule has 2 rings (SSSR count). The molecule has 0 spiro atoms. The first-order valence-corrected chi connectivity index (χ1v) is 8.85. The Bertz CT molecular complexity index is 869. The van der Waals surface area contributed by atoms with Crippen LogP contribution in [-0.4, -0.2) is 35.0 Å². The van der Waals surface area contributed by atoms with E-state index < -0.39 is 35.7 Å². The average molecular weight is 386 g/mol. The predicted octanol–water partition coefficient (Wildman–Crippen LogP) is 1.99. The van der Waals surface area contributed by atoms with E-state index >= 15 is 0 Å². The van der Waals surface area contributed by atoms with Crippen LogP contribution in [0.15, 0.2) is 48.5 Å². The number of halogens is 1. The molecule has 0 aromatic heterocycles. The third-order valence-electron chi connectivity index (χ3n) is 4.32. The van der Waals surface area contributed by atoms with Gasteiger partial charge in [0.2, 0.25) is 11.8 Å². The molecule has 2 aromatic carbocycles. The molecule has 7 heteroatoms. The lowest BCUT2D eigenvalue weighted by Crippen LogP contribution is -2.52. The zero-order chi connectivity index (χ0) is 20.7. The van der Waals surface area contributed by atoms with Gasteiger partial charge >= 0.3 is 5.97 Å². The largest absolute Gasteiger partial charge is 0.480 e. The van der Waals surface area contributed by atoms with Gasteiger partial charge in [-0.15, -0.1) is 0 Å². The van der Waals surface area contributed by atoms with Crippen LogP contribution in [0, 0.1) is 12.7 Å². The molecule has 0 aliphatic carbocycles. The molecule has 0 heterocycles. The average Bonchev–Trinajstić information content (AvgIpc) is 2.61. The molecule has 2 amide bonds. The third-order valence-corrected chi connectivity index (χ3v) is 4.32. The van der Waals surface area contributed by atoms with Crippen LogP contribution in [-0.2, 0) is 27.2 Å². The first-order valence-electron chi connectivity index (χ1n) is 8.85. The fourth-order valence-corrected chi connectivity index (χ4v) is 2.89. The number of benzene rings is 2. The van der Waals surface area contributed by atoms with Gasteiger partial charge in [0.25, 0.3) is 0 Å². The SMILES string of the molecule is CC(=O)N[C@@H](Cc1cccc(F)c1)C(=O)N[C@@H](Cc1ccccc1C)C(=O)O. The van der Waals surface area contributed by atoms with Crippen molar-refractivity contribution in [1.82, 2.24) is 10.6 Å². The molecule has 148 valence electrons. The molecule has 3 N–H and O–H groups in total. The summed E-state index contributed by atoms with van der Waals surface area (Å²) < 4.78 is 13.4. The van der Waals surface area contributed by atoms with E-state index in [0.717, 1.165) is 11.1 Å². The van der Waals surface area contributed by atoms with Crippen LogP contribution in [0.1, 0.15) is 23.6 Å². The highest BCUT2D eigenvalue weighted by Gasteiger charge is 2.26. The summed E-state index contributed by atoms with van der Waals surface area (Å²) in [4.78, 5) is 35.8. The Morgan fingerprint density at radius 2 is 1.71 bits per heavy atom. The van der Waals surface area contributed by atoms with Crippen molar-refractivity contribution >= 4 is 17.8 Å². The van der Waals surface area contributed by atoms with Crippen LogP contribution in [0.3, 0.4) is 0 Å². The number of carbonyl (C=O) groups excluding carboxylic acids is 2. The molecule has 0 unspecified atom stereocenters. The van der Waals surface area contributed by atoms with Crippen molar-refractivity contribution < 1.29 is 23.9 Å². The molecular weight excluding hydrogens is 363 g/mol. The van der Waals surface area contributed by atoms with Gasteiger partial charge in [-0.2, -0.15) is 0 Å². The monoisotopic (exact) mass is 386 g/mol. The minimum Gasteiger partial charge on any atom is -0.480 e. The fraction of sp³-hybridized carbons (Fsp3) is 0.286. The number of carboxylic acids is 1. The maximum Gasteiger partial charge on any atom is 0.326 e. The normalized spacial score (nSPS) is 12.7. The Balaban J connectivity index is 2.15. The summed E-state index contributed by atoms with van der Waals surface area (Å²) in [6.07, 6.45) is 0.153. The second kappa shape index (κ2) is 9.64. The van der Waals surface area contributed by atoms with Crippen LogP contribution >= 0.6 is 0 Å². The van der Waals surface area contributed by atoms with Crippen molar-refractivity contribution in [3.05, 3.63) is 71.0 Å². The maximum atomic E-state index is 13.4. The van der Waals surface area contributed by atoms with Crippen LogP contribution in [0.2, 0.25) is 0 Å². The van der Waals surface area contributed by atoms with Crippen molar-refractivity contribution in [3.8, 4) is 0 Å². The lowest BCUT2D eigenvalue weighted by molar-refractivity contribution is -0.142. The summed E-state index contributed by atoms with van der Waals surface area (Å²) in [6, 6.07) is 10.8. The van der Waals surface area contributed by atoms with Gasteiger partial charge in [-0.3, -0.25) is 9.59 Å². The summed E-state index contributed by atoms with van der Waals surface area (Å²) >= 11 is 0. The second-order valence-electron chi connectivity index (χ2n) is 6.62. The van der Waals surface area contributed by atoms with Gasteiger partial charge in [0.05, 0.1) is 0 Å². The van der Waals surface area contributed by atoms with Crippen molar-refractivity contribution in [2.45, 2.75) is 38.8 Å². The van der Waals surface area contributed by atoms with E-state index in [2.05, 4.69) is 10.6 Å². The van der Waals surface area contributed by atoms with Crippen LogP contribution in [0.4, 0.5) is 4.39 Å². The molecule has 0 bridgehead atoms. The second-order valence-corrected chi connectivity index (χ2v) is 6.62. The molecule has 0 aliphatic rings. The van der Waals surface area contributed by atoms with Crippen LogP contribution in [0.5, 0.6) is 0 Å². The molecule has 28 heavy (non-hydrogen) atoms. The van der Waals surface area contributed by atoms with E-state index in [4.69, 9.17) is 0 Å². The molecule has 0 saturated carbocycles. The molecule has 0 aliphatic heterocycles. The van der Waals surface area contributed by atoms with Crippen LogP contribution < -0.4 is 10.6 Å². The minimum atomic E-state index is -1.18. The van der Waals surface area contributed by atoms with Gasteiger partial charge in [-0.25, -0.2) is 9.18 Å².